The van der Waals surface area contributed by atoms with E-state index in [1.807, 2.05) is 0 Å². The first-order valence-corrected chi connectivity index (χ1v) is 8.70. The van der Waals surface area contributed by atoms with E-state index in [0.29, 0.717) is 0 Å². The van der Waals surface area contributed by atoms with Gasteiger partial charge in [0.05, 0.1) is 9.92 Å². The van der Waals surface area contributed by atoms with E-state index in [0.717, 1.165) is 12.1 Å². The van der Waals surface area contributed by atoms with Crippen LogP contribution in [0.3, 0.4) is 0 Å². The normalized spacial score (nSPS) is 12.3. The van der Waals surface area contributed by atoms with Crippen LogP contribution in [0.4, 0.5) is 0 Å². The molecule has 0 aromatic heterocycles. The number of halogens is 1. The molecule has 0 amide bonds. The van der Waals surface area contributed by atoms with Crippen LogP contribution in [0.1, 0.15) is 0 Å². The van der Waals surface area contributed by atoms with Gasteiger partial charge in [-0.3, -0.25) is 9.11 Å². The fraction of sp³-hybridized carbons (Fsp3) is 0. The lowest BCUT2D eigenvalue weighted by Crippen LogP contribution is -2.03. The second-order valence-corrected chi connectivity index (χ2v) is 7.28. The van der Waals surface area contributed by atoms with Crippen molar-refractivity contribution < 1.29 is 25.9 Å². The van der Waals surface area contributed by atoms with Crippen LogP contribution in [0.5, 0.6) is 0 Å². The molecule has 6 nitrogen and oxygen atoms in total. The third-order valence-electron chi connectivity index (χ3n) is 2.67. The van der Waals surface area contributed by atoms with Crippen LogP contribution in [0.25, 0.3) is 11.1 Å². The highest BCUT2D eigenvalue weighted by molar-refractivity contribution is 7.86. The fourth-order valence-electron chi connectivity index (χ4n) is 1.82. The predicted molar refractivity (Wildman–Crippen MR) is 76.5 cm³/mol. The monoisotopic (exact) mass is 348 g/mol. The van der Waals surface area contributed by atoms with Gasteiger partial charge in [-0.1, -0.05) is 35.9 Å². The van der Waals surface area contributed by atoms with Crippen LogP contribution >= 0.6 is 11.6 Å². The van der Waals surface area contributed by atoms with Crippen molar-refractivity contribution in [3.8, 4) is 11.1 Å². The van der Waals surface area contributed by atoms with Crippen LogP contribution in [0, 0.1) is 0 Å². The molecule has 0 fully saturated rings. The van der Waals surface area contributed by atoms with Crippen molar-refractivity contribution in [2.24, 2.45) is 0 Å². The number of hydrogen-bond acceptors (Lipinski definition) is 4. The van der Waals surface area contributed by atoms with Crippen molar-refractivity contribution in [2.45, 2.75) is 9.79 Å². The van der Waals surface area contributed by atoms with Gasteiger partial charge in [0, 0.05) is 5.56 Å². The third-order valence-corrected chi connectivity index (χ3v) is 4.90. The van der Waals surface area contributed by atoms with Crippen molar-refractivity contribution in [2.75, 3.05) is 0 Å². The number of benzene rings is 2. The van der Waals surface area contributed by atoms with Gasteiger partial charge < -0.3 is 0 Å². The van der Waals surface area contributed by atoms with E-state index in [-0.39, 0.29) is 16.1 Å². The van der Waals surface area contributed by atoms with Gasteiger partial charge in [0.15, 0.2) is 0 Å². The summed E-state index contributed by atoms with van der Waals surface area (Å²) in [6, 6.07) is 9.07. The van der Waals surface area contributed by atoms with Crippen LogP contribution < -0.4 is 0 Å². The van der Waals surface area contributed by atoms with Gasteiger partial charge in [-0.25, -0.2) is 0 Å². The topological polar surface area (TPSA) is 109 Å². The fourth-order valence-corrected chi connectivity index (χ4v) is 3.59. The van der Waals surface area contributed by atoms with Gasteiger partial charge >= 0.3 is 0 Å². The van der Waals surface area contributed by atoms with E-state index in [1.165, 1.54) is 30.3 Å². The van der Waals surface area contributed by atoms with Crippen molar-refractivity contribution in [1.29, 1.82) is 0 Å². The molecular formula is C12H9ClO6S2. The first-order chi connectivity index (χ1) is 9.60. The van der Waals surface area contributed by atoms with Gasteiger partial charge in [0.25, 0.3) is 20.2 Å². The summed E-state index contributed by atoms with van der Waals surface area (Å²) in [6.45, 7) is 0. The molecule has 21 heavy (non-hydrogen) atoms. The summed E-state index contributed by atoms with van der Waals surface area (Å²) in [5.41, 5.74) is 0.191. The molecule has 112 valence electrons. The van der Waals surface area contributed by atoms with E-state index < -0.39 is 30.0 Å². The minimum absolute atomic E-state index is 0.0236. The zero-order chi connectivity index (χ0) is 15.8. The summed E-state index contributed by atoms with van der Waals surface area (Å²) in [5.74, 6) is 0. The molecule has 2 rings (SSSR count). The Morgan fingerprint density at radius 2 is 1.48 bits per heavy atom. The summed E-state index contributed by atoms with van der Waals surface area (Å²) in [6.07, 6.45) is 0. The second kappa shape index (κ2) is 5.39. The molecule has 0 radical (unpaired) electrons. The second-order valence-electron chi connectivity index (χ2n) is 4.09. The molecular weight excluding hydrogens is 340 g/mol. The molecule has 0 atom stereocenters. The highest BCUT2D eigenvalue weighted by Crippen LogP contribution is 2.33. The minimum atomic E-state index is -4.60. The lowest BCUT2D eigenvalue weighted by Gasteiger charge is -2.10. The quantitative estimate of drug-likeness (QED) is 0.825. The van der Waals surface area contributed by atoms with E-state index in [2.05, 4.69) is 0 Å². The Kier molecular flexibility index (Phi) is 4.09. The van der Waals surface area contributed by atoms with Crippen LogP contribution in [0.2, 0.25) is 5.02 Å². The molecule has 0 unspecified atom stereocenters. The maximum atomic E-state index is 11.4. The molecule has 2 aromatic rings. The summed E-state index contributed by atoms with van der Waals surface area (Å²) >= 11 is 5.79. The molecule has 2 aromatic carbocycles. The first-order valence-electron chi connectivity index (χ1n) is 5.44. The molecule has 0 bridgehead atoms. The van der Waals surface area contributed by atoms with Crippen molar-refractivity contribution in [3.05, 3.63) is 47.5 Å². The van der Waals surface area contributed by atoms with E-state index in [1.54, 1.807) is 0 Å². The highest BCUT2D eigenvalue weighted by atomic mass is 35.5. The SMILES string of the molecule is O=S(=O)(O)c1cccc(-c2cccc(Cl)c2S(=O)(=O)O)c1. The molecule has 0 saturated heterocycles. The summed E-state index contributed by atoms with van der Waals surface area (Å²) in [5, 5.41) is -0.202. The third kappa shape index (κ3) is 3.42. The lowest BCUT2D eigenvalue weighted by molar-refractivity contribution is 0.481. The van der Waals surface area contributed by atoms with Crippen LogP contribution in [-0.4, -0.2) is 25.9 Å². The lowest BCUT2D eigenvalue weighted by atomic mass is 10.1. The van der Waals surface area contributed by atoms with E-state index in [4.69, 9.17) is 16.2 Å². The average molecular weight is 349 g/mol. The molecule has 0 aliphatic rings. The number of rotatable bonds is 3. The standard InChI is InChI=1S/C12H9ClO6S2/c13-11-6-2-5-10(12(11)21(17,18)19)8-3-1-4-9(7-8)20(14,15)16/h1-7H,(H,14,15,16)(H,17,18,19). The van der Waals surface area contributed by atoms with Gasteiger partial charge in [-0.2, -0.15) is 16.8 Å². The highest BCUT2D eigenvalue weighted by Gasteiger charge is 2.21. The molecule has 9 heteroatoms. The van der Waals surface area contributed by atoms with E-state index >= 15 is 0 Å². The largest absolute Gasteiger partial charge is 0.296 e. The van der Waals surface area contributed by atoms with Crippen LogP contribution in [-0.2, 0) is 20.2 Å². The predicted octanol–water partition coefficient (Wildman–Crippen LogP) is 2.50. The Hall–Kier alpha value is -1.45. The summed E-state index contributed by atoms with van der Waals surface area (Å²) in [4.78, 5) is -0.930. The molecule has 0 spiro atoms. The minimum Gasteiger partial charge on any atom is -0.282 e. The zero-order valence-corrected chi connectivity index (χ0v) is 12.7. The van der Waals surface area contributed by atoms with Gasteiger partial charge in [0.2, 0.25) is 0 Å². The zero-order valence-electron chi connectivity index (χ0n) is 10.3. The molecule has 0 aliphatic carbocycles. The Labute approximate surface area is 126 Å². The first kappa shape index (κ1) is 15.9. The van der Waals surface area contributed by atoms with Crippen LogP contribution in [0.15, 0.2) is 52.3 Å². The number of hydrogen-bond donors (Lipinski definition) is 2. The van der Waals surface area contributed by atoms with E-state index in [9.17, 15) is 21.4 Å². The van der Waals surface area contributed by atoms with Gasteiger partial charge in [-0.05, 0) is 23.8 Å². The maximum Gasteiger partial charge on any atom is 0.296 e. The smallest absolute Gasteiger partial charge is 0.282 e. The summed E-state index contributed by atoms with van der Waals surface area (Å²) < 4.78 is 63.4. The molecule has 2 N–H and O–H groups in total. The molecule has 0 saturated carbocycles. The Bertz CT molecular complexity index is 903. The van der Waals surface area contributed by atoms with Crippen molar-refractivity contribution >= 4 is 31.8 Å². The Balaban J connectivity index is 2.78. The van der Waals surface area contributed by atoms with Gasteiger partial charge in [-0.15, -0.1) is 0 Å². The molecule has 0 aliphatic heterocycles. The summed E-state index contributed by atoms with van der Waals surface area (Å²) in [7, 11) is -9.04. The molecule has 0 heterocycles. The van der Waals surface area contributed by atoms with Crippen molar-refractivity contribution in [3.63, 3.8) is 0 Å². The van der Waals surface area contributed by atoms with Gasteiger partial charge in [0.1, 0.15) is 4.90 Å². The van der Waals surface area contributed by atoms with Crippen molar-refractivity contribution in [1.82, 2.24) is 0 Å². The average Bonchev–Trinajstić information content (AvgIpc) is 2.36. The Morgan fingerprint density at radius 3 is 2.05 bits per heavy atom. The maximum absolute atomic E-state index is 11.4. The Morgan fingerprint density at radius 1 is 0.857 bits per heavy atom.